The number of carbonyl (C=O) groups excluding carboxylic acids is 3. The van der Waals surface area contributed by atoms with Crippen LogP contribution in [0.1, 0.15) is 239 Å². The Hall–Kier alpha value is -4.71. The van der Waals surface area contributed by atoms with E-state index in [9.17, 15) is 14.4 Å². The molecule has 0 saturated heterocycles. The van der Waals surface area contributed by atoms with Crippen LogP contribution in [-0.2, 0) is 28.6 Å². The first-order valence-corrected chi connectivity index (χ1v) is 29.4. The first-order chi connectivity index (χ1) is 36.0. The predicted molar refractivity (Wildman–Crippen MR) is 315 cm³/mol. The van der Waals surface area contributed by atoms with E-state index < -0.39 is 6.10 Å². The summed E-state index contributed by atoms with van der Waals surface area (Å²) in [5.74, 6) is -0.975. The average Bonchev–Trinajstić information content (AvgIpc) is 3.39. The van der Waals surface area contributed by atoms with Crippen LogP contribution in [0.3, 0.4) is 0 Å². The molecule has 0 aromatic rings. The lowest BCUT2D eigenvalue weighted by atomic mass is 10.1. The number of hydrogen-bond acceptors (Lipinski definition) is 6. The van der Waals surface area contributed by atoms with Gasteiger partial charge in [0.05, 0.1) is 0 Å². The Morgan fingerprint density at radius 1 is 0.301 bits per heavy atom. The van der Waals surface area contributed by atoms with E-state index in [1.807, 2.05) is 72.9 Å². The maximum absolute atomic E-state index is 12.9. The Bertz CT molecular complexity index is 1630. The van der Waals surface area contributed by atoms with Crippen molar-refractivity contribution in [1.29, 1.82) is 0 Å². The lowest BCUT2D eigenvalue weighted by Gasteiger charge is -2.18. The highest BCUT2D eigenvalue weighted by Gasteiger charge is 2.19. The lowest BCUT2D eigenvalue weighted by molar-refractivity contribution is -0.167. The Morgan fingerprint density at radius 2 is 0.603 bits per heavy atom. The number of unbranched alkanes of at least 4 members (excludes halogenated alkanes) is 22. The fourth-order valence-electron chi connectivity index (χ4n) is 7.65. The van der Waals surface area contributed by atoms with Crippen LogP contribution in [-0.4, -0.2) is 37.2 Å². The molecule has 73 heavy (non-hydrogen) atoms. The van der Waals surface area contributed by atoms with E-state index in [0.29, 0.717) is 19.3 Å². The SMILES string of the molecule is CC\C=C/C=C\C=C/C=C\C=C\C=C/C=C\CCCCCC(=O)OCC(COC(=O)CCCCCCCCC/C=C\CCCCCCCC)OC(=O)CCCCCCCC/C=C\C/C=C\C/C=C\C/C=C\CC. The maximum atomic E-state index is 12.9. The van der Waals surface area contributed by atoms with E-state index >= 15 is 0 Å². The number of allylic oxidation sites excluding steroid dienone is 24. The van der Waals surface area contributed by atoms with Crippen molar-refractivity contribution in [3.8, 4) is 0 Å². The van der Waals surface area contributed by atoms with Crippen LogP contribution in [0.25, 0.3) is 0 Å². The third-order valence-electron chi connectivity index (χ3n) is 12.0. The van der Waals surface area contributed by atoms with E-state index in [2.05, 4.69) is 93.7 Å². The molecular formula is C67H106O6. The molecule has 0 bridgehead atoms. The van der Waals surface area contributed by atoms with E-state index in [0.717, 1.165) is 109 Å². The van der Waals surface area contributed by atoms with Gasteiger partial charge in [0, 0.05) is 19.3 Å². The molecule has 0 aromatic heterocycles. The quantitative estimate of drug-likeness (QED) is 0.0199. The molecule has 0 amide bonds. The summed E-state index contributed by atoms with van der Waals surface area (Å²) in [6.45, 7) is 6.32. The minimum atomic E-state index is -0.814. The van der Waals surface area contributed by atoms with Crippen molar-refractivity contribution in [3.05, 3.63) is 146 Å². The lowest BCUT2D eigenvalue weighted by Crippen LogP contribution is -2.30. The Labute approximate surface area is 448 Å². The summed E-state index contributed by atoms with van der Waals surface area (Å²) >= 11 is 0. The van der Waals surface area contributed by atoms with Gasteiger partial charge in [0.1, 0.15) is 13.2 Å². The van der Waals surface area contributed by atoms with Gasteiger partial charge in [-0.15, -0.1) is 0 Å². The Kier molecular flexibility index (Phi) is 56.0. The first-order valence-electron chi connectivity index (χ1n) is 29.4. The molecule has 0 aliphatic heterocycles. The summed E-state index contributed by atoms with van der Waals surface area (Å²) in [5.41, 5.74) is 0. The van der Waals surface area contributed by atoms with Gasteiger partial charge in [0.25, 0.3) is 0 Å². The predicted octanol–water partition coefficient (Wildman–Crippen LogP) is 20.0. The van der Waals surface area contributed by atoms with Gasteiger partial charge < -0.3 is 14.2 Å². The van der Waals surface area contributed by atoms with Gasteiger partial charge in [-0.05, 0) is 103 Å². The number of rotatable bonds is 51. The molecule has 1 atom stereocenters. The Balaban J connectivity index is 4.55. The normalized spacial score (nSPS) is 13.2. The summed E-state index contributed by atoms with van der Waals surface area (Å²) < 4.78 is 16.8. The number of esters is 3. The number of hydrogen-bond donors (Lipinski definition) is 0. The fraction of sp³-hybridized carbons (Fsp3) is 0.597. The second kappa shape index (κ2) is 59.8. The van der Waals surface area contributed by atoms with Crippen molar-refractivity contribution in [2.45, 2.75) is 245 Å². The zero-order valence-corrected chi connectivity index (χ0v) is 46.8. The van der Waals surface area contributed by atoms with Crippen molar-refractivity contribution in [1.82, 2.24) is 0 Å². The van der Waals surface area contributed by atoms with Crippen molar-refractivity contribution in [2.75, 3.05) is 13.2 Å². The largest absolute Gasteiger partial charge is 0.462 e. The van der Waals surface area contributed by atoms with E-state index in [1.54, 1.807) is 0 Å². The van der Waals surface area contributed by atoms with E-state index in [1.165, 1.54) is 89.9 Å². The van der Waals surface area contributed by atoms with Crippen molar-refractivity contribution >= 4 is 17.9 Å². The van der Waals surface area contributed by atoms with Gasteiger partial charge >= 0.3 is 17.9 Å². The minimum Gasteiger partial charge on any atom is -0.462 e. The first kappa shape index (κ1) is 68.3. The molecule has 0 fully saturated rings. The molecule has 6 nitrogen and oxygen atoms in total. The minimum absolute atomic E-state index is 0.107. The zero-order valence-electron chi connectivity index (χ0n) is 46.8. The van der Waals surface area contributed by atoms with Crippen LogP contribution >= 0.6 is 0 Å². The Morgan fingerprint density at radius 3 is 1.03 bits per heavy atom. The van der Waals surface area contributed by atoms with Gasteiger partial charge in [-0.2, -0.15) is 0 Å². The summed E-state index contributed by atoms with van der Waals surface area (Å²) in [5, 5.41) is 0. The van der Waals surface area contributed by atoms with Gasteiger partial charge in [-0.25, -0.2) is 0 Å². The molecule has 0 aromatic carbocycles. The standard InChI is InChI=1S/C67H106O6/c1-4-7-10-13-16-19-22-25-28-31-33-36-39-42-45-48-51-54-57-60-66(69)72-63-64(62-71-65(68)59-56-53-50-47-44-41-38-35-30-27-24-21-18-15-12-9-6-3)73-67(70)61-58-55-52-49-46-43-40-37-34-32-29-26-23-20-17-14-11-8-5-2/h7-8,10-11,13,16-17,19-20,22,25-31,33-34,36-37,39,42,45,64H,4-6,9,12,14-15,18,21,23-24,32,35,38,40-41,43-44,46-63H2,1-3H3/b10-7-,11-8-,16-13-,20-17-,22-19-,28-25-,29-26-,30-27-,33-31+,37-34-,39-36-,45-42-. The number of carbonyl (C=O) groups is 3. The van der Waals surface area contributed by atoms with Crippen LogP contribution in [0.4, 0.5) is 0 Å². The highest BCUT2D eigenvalue weighted by atomic mass is 16.6. The summed E-state index contributed by atoms with van der Waals surface area (Å²) in [6.07, 6.45) is 85.4. The molecular weight excluding hydrogens is 901 g/mol. The topological polar surface area (TPSA) is 78.9 Å². The van der Waals surface area contributed by atoms with Gasteiger partial charge in [-0.1, -0.05) is 263 Å². The van der Waals surface area contributed by atoms with E-state index in [-0.39, 0.29) is 31.1 Å². The van der Waals surface area contributed by atoms with Crippen LogP contribution in [0, 0.1) is 0 Å². The summed E-state index contributed by atoms with van der Waals surface area (Å²) in [4.78, 5) is 38.2. The van der Waals surface area contributed by atoms with Gasteiger partial charge in [-0.3, -0.25) is 14.4 Å². The molecule has 0 N–H and O–H groups in total. The molecule has 0 radical (unpaired) electrons. The van der Waals surface area contributed by atoms with Crippen LogP contribution < -0.4 is 0 Å². The number of ether oxygens (including phenoxy) is 3. The van der Waals surface area contributed by atoms with Crippen LogP contribution in [0.5, 0.6) is 0 Å². The summed E-state index contributed by atoms with van der Waals surface area (Å²) in [7, 11) is 0. The summed E-state index contributed by atoms with van der Waals surface area (Å²) in [6, 6.07) is 0. The average molecular weight is 1010 g/mol. The highest BCUT2D eigenvalue weighted by Crippen LogP contribution is 2.14. The molecule has 0 rings (SSSR count). The zero-order chi connectivity index (χ0) is 52.9. The van der Waals surface area contributed by atoms with E-state index in [4.69, 9.17) is 14.2 Å². The molecule has 0 spiro atoms. The van der Waals surface area contributed by atoms with Crippen LogP contribution in [0.15, 0.2) is 146 Å². The van der Waals surface area contributed by atoms with Gasteiger partial charge in [0.2, 0.25) is 0 Å². The monoisotopic (exact) mass is 1010 g/mol. The molecule has 0 heterocycles. The maximum Gasteiger partial charge on any atom is 0.306 e. The second-order valence-electron chi connectivity index (χ2n) is 19.0. The molecule has 0 saturated carbocycles. The fourth-order valence-corrected chi connectivity index (χ4v) is 7.65. The molecule has 6 heteroatoms. The molecule has 410 valence electrons. The van der Waals surface area contributed by atoms with Crippen molar-refractivity contribution in [3.63, 3.8) is 0 Å². The smallest absolute Gasteiger partial charge is 0.306 e. The second-order valence-corrected chi connectivity index (χ2v) is 19.0. The third-order valence-corrected chi connectivity index (χ3v) is 12.0. The highest BCUT2D eigenvalue weighted by molar-refractivity contribution is 5.71. The van der Waals surface area contributed by atoms with Crippen molar-refractivity contribution in [2.24, 2.45) is 0 Å². The van der Waals surface area contributed by atoms with Gasteiger partial charge in [0.15, 0.2) is 6.10 Å². The van der Waals surface area contributed by atoms with Crippen LogP contribution in [0.2, 0.25) is 0 Å². The molecule has 0 aliphatic carbocycles. The molecule has 0 aliphatic rings. The molecule has 1 unspecified atom stereocenters. The van der Waals surface area contributed by atoms with Crippen molar-refractivity contribution < 1.29 is 28.6 Å². The third kappa shape index (κ3) is 58.1.